The van der Waals surface area contributed by atoms with Crippen molar-refractivity contribution in [2.75, 3.05) is 6.54 Å². The van der Waals surface area contributed by atoms with Crippen molar-refractivity contribution in [2.24, 2.45) is 0 Å². The summed E-state index contributed by atoms with van der Waals surface area (Å²) in [6, 6.07) is 7.53. The van der Waals surface area contributed by atoms with Crippen LogP contribution in [0.15, 0.2) is 35.4 Å². The van der Waals surface area contributed by atoms with Crippen molar-refractivity contribution >= 4 is 0 Å². The van der Waals surface area contributed by atoms with E-state index in [4.69, 9.17) is 5.26 Å². The SMILES string of the molecule is N#Cc1cnccc1CN1CCCC1c1ccc(=O)[nH]n1. The summed E-state index contributed by atoms with van der Waals surface area (Å²) in [4.78, 5) is 17.4. The zero-order valence-electron chi connectivity index (χ0n) is 11.5. The molecule has 1 aliphatic heterocycles. The highest BCUT2D eigenvalue weighted by atomic mass is 16.1. The van der Waals surface area contributed by atoms with Crippen molar-refractivity contribution in [1.29, 1.82) is 5.26 Å². The lowest BCUT2D eigenvalue weighted by Crippen LogP contribution is -2.25. The van der Waals surface area contributed by atoms with Crippen LogP contribution in [-0.4, -0.2) is 26.6 Å². The van der Waals surface area contributed by atoms with Gasteiger partial charge in [0.25, 0.3) is 5.56 Å². The molecule has 0 bridgehead atoms. The molecule has 0 amide bonds. The van der Waals surface area contributed by atoms with Crippen molar-refractivity contribution < 1.29 is 0 Å². The van der Waals surface area contributed by atoms with Gasteiger partial charge >= 0.3 is 0 Å². The van der Waals surface area contributed by atoms with Crippen LogP contribution >= 0.6 is 0 Å². The fourth-order valence-electron chi connectivity index (χ4n) is 2.77. The Labute approximate surface area is 122 Å². The number of nitrogens with one attached hydrogen (secondary N) is 1. The maximum Gasteiger partial charge on any atom is 0.264 e. The van der Waals surface area contributed by atoms with Gasteiger partial charge < -0.3 is 0 Å². The first-order chi connectivity index (χ1) is 10.3. The zero-order chi connectivity index (χ0) is 14.7. The molecule has 6 nitrogen and oxygen atoms in total. The van der Waals surface area contributed by atoms with Gasteiger partial charge in [-0.25, -0.2) is 5.10 Å². The van der Waals surface area contributed by atoms with E-state index in [1.807, 2.05) is 6.07 Å². The number of H-pyrrole nitrogens is 1. The number of rotatable bonds is 3. The van der Waals surface area contributed by atoms with Gasteiger partial charge in [-0.05, 0) is 37.1 Å². The molecule has 0 spiro atoms. The van der Waals surface area contributed by atoms with Crippen molar-refractivity contribution in [1.82, 2.24) is 20.1 Å². The molecule has 6 heteroatoms. The predicted octanol–water partition coefficient (Wildman–Crippen LogP) is 1.37. The summed E-state index contributed by atoms with van der Waals surface area (Å²) in [6.45, 7) is 1.65. The maximum absolute atomic E-state index is 11.1. The lowest BCUT2D eigenvalue weighted by Gasteiger charge is -2.24. The third kappa shape index (κ3) is 2.83. The normalized spacial score (nSPS) is 18.5. The third-order valence-corrected chi connectivity index (χ3v) is 3.81. The van der Waals surface area contributed by atoms with Crippen molar-refractivity contribution in [3.05, 3.63) is 57.8 Å². The van der Waals surface area contributed by atoms with Crippen LogP contribution < -0.4 is 5.56 Å². The summed E-state index contributed by atoms with van der Waals surface area (Å²) >= 11 is 0. The molecular weight excluding hydrogens is 266 g/mol. The van der Waals surface area contributed by atoms with Gasteiger partial charge in [0.1, 0.15) is 6.07 Å². The quantitative estimate of drug-likeness (QED) is 0.918. The average Bonchev–Trinajstić information content (AvgIpc) is 2.97. The fourth-order valence-corrected chi connectivity index (χ4v) is 2.77. The first-order valence-electron chi connectivity index (χ1n) is 6.90. The molecule has 2 aromatic rings. The van der Waals surface area contributed by atoms with Gasteiger partial charge in [-0.1, -0.05) is 0 Å². The number of likely N-dealkylation sites (tertiary alicyclic amines) is 1. The second-order valence-corrected chi connectivity index (χ2v) is 5.12. The molecular formula is C15H15N5O. The average molecular weight is 281 g/mol. The van der Waals surface area contributed by atoms with Crippen LogP contribution in [0, 0.1) is 11.3 Å². The van der Waals surface area contributed by atoms with E-state index in [9.17, 15) is 4.79 Å². The molecule has 1 N–H and O–H groups in total. The number of hydrogen-bond acceptors (Lipinski definition) is 5. The van der Waals surface area contributed by atoms with Gasteiger partial charge in [-0.15, -0.1) is 0 Å². The second-order valence-electron chi connectivity index (χ2n) is 5.12. The standard InChI is InChI=1S/C15H15N5O/c16-8-12-9-17-6-5-11(12)10-20-7-1-2-14(20)13-3-4-15(21)19-18-13/h3-6,9,14H,1-2,7,10H2,(H,19,21). The minimum atomic E-state index is -0.191. The summed E-state index contributed by atoms with van der Waals surface area (Å²) in [6.07, 6.45) is 5.39. The van der Waals surface area contributed by atoms with E-state index in [1.54, 1.807) is 18.5 Å². The predicted molar refractivity (Wildman–Crippen MR) is 76.2 cm³/mol. The second kappa shape index (κ2) is 5.85. The van der Waals surface area contributed by atoms with Crippen LogP contribution in [0.1, 0.15) is 35.7 Å². The van der Waals surface area contributed by atoms with E-state index in [0.717, 1.165) is 30.6 Å². The Kier molecular flexibility index (Phi) is 3.75. The maximum atomic E-state index is 11.1. The molecule has 2 aromatic heterocycles. The molecule has 1 saturated heterocycles. The Morgan fingerprint density at radius 1 is 1.43 bits per heavy atom. The van der Waals surface area contributed by atoms with Gasteiger partial charge in [0.2, 0.25) is 0 Å². The Bertz CT molecular complexity index is 713. The highest BCUT2D eigenvalue weighted by molar-refractivity contribution is 5.34. The van der Waals surface area contributed by atoms with Gasteiger partial charge in [0.05, 0.1) is 17.3 Å². The Morgan fingerprint density at radius 3 is 3.10 bits per heavy atom. The summed E-state index contributed by atoms with van der Waals surface area (Å²) < 4.78 is 0. The number of aromatic nitrogens is 3. The number of nitriles is 1. The van der Waals surface area contributed by atoms with Crippen molar-refractivity contribution in [3.8, 4) is 6.07 Å². The Morgan fingerprint density at radius 2 is 2.33 bits per heavy atom. The van der Waals surface area contributed by atoms with Gasteiger partial charge in [-0.2, -0.15) is 10.4 Å². The third-order valence-electron chi connectivity index (χ3n) is 3.81. The zero-order valence-corrected chi connectivity index (χ0v) is 11.5. The first kappa shape index (κ1) is 13.5. The van der Waals surface area contributed by atoms with E-state index in [0.29, 0.717) is 12.1 Å². The van der Waals surface area contributed by atoms with Crippen LogP contribution in [0.2, 0.25) is 0 Å². The Balaban J connectivity index is 1.83. The minimum absolute atomic E-state index is 0.182. The summed E-state index contributed by atoms with van der Waals surface area (Å²) in [5, 5.41) is 15.8. The molecule has 1 fully saturated rings. The molecule has 106 valence electrons. The lowest BCUT2D eigenvalue weighted by molar-refractivity contribution is 0.243. The molecule has 3 rings (SSSR count). The molecule has 21 heavy (non-hydrogen) atoms. The topological polar surface area (TPSA) is 85.7 Å². The molecule has 0 saturated carbocycles. The van der Waals surface area contributed by atoms with Crippen LogP contribution in [-0.2, 0) is 6.54 Å². The number of aromatic amines is 1. The number of hydrogen-bond donors (Lipinski definition) is 1. The largest absolute Gasteiger partial charge is 0.290 e. The van der Waals surface area contributed by atoms with Crippen LogP contribution in [0.4, 0.5) is 0 Å². The molecule has 1 atom stereocenters. The van der Waals surface area contributed by atoms with E-state index in [2.05, 4.69) is 26.2 Å². The highest BCUT2D eigenvalue weighted by Crippen LogP contribution is 2.31. The lowest BCUT2D eigenvalue weighted by atomic mass is 10.1. The van der Waals surface area contributed by atoms with Crippen LogP contribution in [0.25, 0.3) is 0 Å². The van der Waals surface area contributed by atoms with Gasteiger partial charge in [0.15, 0.2) is 0 Å². The molecule has 3 heterocycles. The highest BCUT2D eigenvalue weighted by Gasteiger charge is 2.27. The van der Waals surface area contributed by atoms with Gasteiger partial charge in [-0.3, -0.25) is 14.7 Å². The number of pyridine rings is 1. The Hall–Kier alpha value is -2.52. The molecule has 1 unspecified atom stereocenters. The van der Waals surface area contributed by atoms with E-state index >= 15 is 0 Å². The smallest absolute Gasteiger partial charge is 0.264 e. The molecule has 1 aliphatic rings. The first-order valence-corrected chi connectivity index (χ1v) is 6.90. The molecule has 0 aromatic carbocycles. The molecule has 0 radical (unpaired) electrons. The van der Waals surface area contributed by atoms with E-state index in [1.165, 1.54) is 6.07 Å². The molecule has 0 aliphatic carbocycles. The van der Waals surface area contributed by atoms with Crippen LogP contribution in [0.3, 0.4) is 0 Å². The van der Waals surface area contributed by atoms with E-state index in [-0.39, 0.29) is 11.6 Å². The monoisotopic (exact) mass is 281 g/mol. The summed E-state index contributed by atoms with van der Waals surface area (Å²) in [5.74, 6) is 0. The van der Waals surface area contributed by atoms with Crippen LogP contribution in [0.5, 0.6) is 0 Å². The van der Waals surface area contributed by atoms with Crippen molar-refractivity contribution in [2.45, 2.75) is 25.4 Å². The summed E-state index contributed by atoms with van der Waals surface area (Å²) in [5.41, 5.74) is 2.27. The van der Waals surface area contributed by atoms with Crippen molar-refractivity contribution in [3.63, 3.8) is 0 Å². The van der Waals surface area contributed by atoms with Gasteiger partial charge in [0, 0.05) is 25.0 Å². The summed E-state index contributed by atoms with van der Waals surface area (Å²) in [7, 11) is 0. The fraction of sp³-hybridized carbons (Fsp3) is 0.333. The number of nitrogens with zero attached hydrogens (tertiary/aromatic N) is 4. The minimum Gasteiger partial charge on any atom is -0.290 e. The van der Waals surface area contributed by atoms with E-state index < -0.39 is 0 Å².